The van der Waals surface area contributed by atoms with Crippen molar-refractivity contribution in [1.29, 1.82) is 0 Å². The molecule has 0 amide bonds. The van der Waals surface area contributed by atoms with Gasteiger partial charge in [0.15, 0.2) is 15.0 Å². The minimum atomic E-state index is -3.29. The summed E-state index contributed by atoms with van der Waals surface area (Å²) in [6.07, 6.45) is 2.32. The molecule has 5 nitrogen and oxygen atoms in total. The number of aryl methyl sites for hydroxylation is 2. The van der Waals surface area contributed by atoms with E-state index < -0.39 is 9.84 Å². The Morgan fingerprint density at radius 1 is 1.24 bits per heavy atom. The highest BCUT2D eigenvalue weighted by atomic mass is 32.2. The summed E-state index contributed by atoms with van der Waals surface area (Å²) in [5, 5.41) is 9.47. The van der Waals surface area contributed by atoms with Crippen molar-refractivity contribution in [2.75, 3.05) is 11.5 Å². The Bertz CT molecular complexity index is 868. The summed E-state index contributed by atoms with van der Waals surface area (Å²) in [6.45, 7) is 7.99. The largest absolute Gasteiger partial charge is 0.303 e. The molecule has 1 fully saturated rings. The summed E-state index contributed by atoms with van der Waals surface area (Å²) in [5.74, 6) is 1.92. The first-order valence-corrected chi connectivity index (χ1v) is 11.3. The summed E-state index contributed by atoms with van der Waals surface area (Å²) in [5.41, 5.74) is 1.77. The van der Waals surface area contributed by atoms with Gasteiger partial charge in [0.2, 0.25) is 0 Å². The smallest absolute Gasteiger partial charge is 0.191 e. The van der Waals surface area contributed by atoms with Crippen LogP contribution in [0, 0.1) is 13.8 Å². The van der Waals surface area contributed by atoms with Gasteiger partial charge in [-0.2, -0.15) is 0 Å². The molecule has 0 bridgehead atoms. The zero-order valence-corrected chi connectivity index (χ0v) is 16.8. The normalized spacial score (nSPS) is 15.1. The van der Waals surface area contributed by atoms with Gasteiger partial charge in [-0.1, -0.05) is 37.7 Å². The van der Waals surface area contributed by atoms with Crippen LogP contribution < -0.4 is 0 Å². The summed E-state index contributed by atoms with van der Waals surface area (Å²) in [4.78, 5) is 0.444. The number of thioether (sulfide) groups is 1. The lowest BCUT2D eigenvalue weighted by molar-refractivity contribution is 0.595. The Kier molecular flexibility index (Phi) is 5.25. The van der Waals surface area contributed by atoms with Crippen LogP contribution >= 0.6 is 11.8 Å². The number of hydrogen-bond donors (Lipinski definition) is 0. The van der Waals surface area contributed by atoms with Gasteiger partial charge in [-0.25, -0.2) is 8.42 Å². The molecule has 0 saturated heterocycles. The van der Waals surface area contributed by atoms with Crippen LogP contribution in [0.15, 0.2) is 28.3 Å². The molecule has 25 heavy (non-hydrogen) atoms. The third-order valence-electron chi connectivity index (χ3n) is 4.38. The molecule has 1 aromatic heterocycles. The van der Waals surface area contributed by atoms with E-state index in [-0.39, 0.29) is 5.75 Å². The molecule has 1 aromatic carbocycles. The maximum atomic E-state index is 12.7. The lowest BCUT2D eigenvalue weighted by Gasteiger charge is -2.11. The van der Waals surface area contributed by atoms with Gasteiger partial charge in [-0.15, -0.1) is 10.2 Å². The number of hydrogen-bond acceptors (Lipinski definition) is 5. The molecule has 2 aromatic rings. The van der Waals surface area contributed by atoms with Crippen molar-refractivity contribution in [3.05, 3.63) is 35.2 Å². The Morgan fingerprint density at radius 2 is 1.96 bits per heavy atom. The lowest BCUT2D eigenvalue weighted by Crippen LogP contribution is -2.11. The van der Waals surface area contributed by atoms with Gasteiger partial charge in [0.05, 0.1) is 10.6 Å². The van der Waals surface area contributed by atoms with E-state index >= 15 is 0 Å². The second-order valence-electron chi connectivity index (χ2n) is 7.03. The highest BCUT2D eigenvalue weighted by Crippen LogP contribution is 2.40. The van der Waals surface area contributed by atoms with Crippen molar-refractivity contribution in [2.24, 2.45) is 0 Å². The Morgan fingerprint density at radius 3 is 2.60 bits per heavy atom. The summed E-state index contributed by atoms with van der Waals surface area (Å²) in [6, 6.07) is 6.06. The Hall–Kier alpha value is -1.34. The van der Waals surface area contributed by atoms with E-state index in [0.717, 1.165) is 34.9 Å². The van der Waals surface area contributed by atoms with Gasteiger partial charge in [0, 0.05) is 17.7 Å². The van der Waals surface area contributed by atoms with Crippen LogP contribution in [0.1, 0.15) is 55.6 Å². The number of aromatic nitrogens is 3. The molecular formula is C18H25N3O2S2. The van der Waals surface area contributed by atoms with E-state index in [1.165, 1.54) is 11.8 Å². The van der Waals surface area contributed by atoms with E-state index in [4.69, 9.17) is 0 Å². The summed E-state index contributed by atoms with van der Waals surface area (Å²) < 4.78 is 27.6. The van der Waals surface area contributed by atoms with Gasteiger partial charge in [0.25, 0.3) is 0 Å². The third-order valence-corrected chi connectivity index (χ3v) is 7.44. The Labute approximate surface area is 154 Å². The minimum Gasteiger partial charge on any atom is -0.303 e. The second-order valence-corrected chi connectivity index (χ2v) is 10.2. The summed E-state index contributed by atoms with van der Waals surface area (Å²) >= 11 is 1.50. The molecule has 3 rings (SSSR count). The molecular weight excluding hydrogens is 354 g/mol. The predicted molar refractivity (Wildman–Crippen MR) is 101 cm³/mol. The molecule has 0 radical (unpaired) electrons. The van der Waals surface area contributed by atoms with Gasteiger partial charge in [-0.05, 0) is 43.9 Å². The molecule has 0 N–H and O–H groups in total. The number of benzene rings is 1. The molecule has 0 spiro atoms. The average Bonchev–Trinajstić information content (AvgIpc) is 3.29. The maximum absolute atomic E-state index is 12.7. The average molecular weight is 380 g/mol. The molecule has 0 aliphatic heterocycles. The molecule has 7 heteroatoms. The van der Waals surface area contributed by atoms with Crippen LogP contribution in [-0.4, -0.2) is 34.7 Å². The van der Waals surface area contributed by atoms with E-state index in [1.54, 1.807) is 6.07 Å². The number of rotatable bonds is 7. The van der Waals surface area contributed by atoms with Crippen LogP contribution in [-0.2, 0) is 9.84 Å². The van der Waals surface area contributed by atoms with Gasteiger partial charge >= 0.3 is 0 Å². The van der Waals surface area contributed by atoms with Crippen LogP contribution in [0.2, 0.25) is 0 Å². The van der Waals surface area contributed by atoms with E-state index in [1.807, 2.05) is 26.0 Å². The maximum Gasteiger partial charge on any atom is 0.191 e. The highest BCUT2D eigenvalue weighted by Gasteiger charge is 2.30. The van der Waals surface area contributed by atoms with E-state index in [2.05, 4.69) is 28.6 Å². The van der Waals surface area contributed by atoms with Crippen LogP contribution in [0.3, 0.4) is 0 Å². The number of sulfone groups is 1. The molecule has 0 unspecified atom stereocenters. The minimum absolute atomic E-state index is 0.108. The highest BCUT2D eigenvalue weighted by molar-refractivity contribution is 8.00. The van der Waals surface area contributed by atoms with Crippen LogP contribution in [0.25, 0.3) is 0 Å². The first kappa shape index (κ1) is 18.5. The first-order chi connectivity index (χ1) is 11.8. The fourth-order valence-corrected chi connectivity index (χ4v) is 5.87. The topological polar surface area (TPSA) is 64.8 Å². The van der Waals surface area contributed by atoms with Crippen molar-refractivity contribution in [1.82, 2.24) is 14.8 Å². The monoisotopic (exact) mass is 379 g/mol. The van der Waals surface area contributed by atoms with Crippen molar-refractivity contribution < 1.29 is 8.42 Å². The molecule has 1 aliphatic rings. The van der Waals surface area contributed by atoms with Crippen molar-refractivity contribution in [3.63, 3.8) is 0 Å². The van der Waals surface area contributed by atoms with Gasteiger partial charge in [0.1, 0.15) is 5.82 Å². The standard InChI is InChI=1S/C18H25N3O2S2/c1-12(2)17-19-20-18(21(17)15-7-8-15)24-9-10-25(22,23)16-11-13(3)5-6-14(16)4/h5-6,11-12,15H,7-10H2,1-4H3. The molecule has 136 valence electrons. The second kappa shape index (κ2) is 7.11. The quantitative estimate of drug-likeness (QED) is 0.682. The Balaban J connectivity index is 1.72. The van der Waals surface area contributed by atoms with Crippen LogP contribution in [0.5, 0.6) is 0 Å². The summed E-state index contributed by atoms with van der Waals surface area (Å²) in [7, 11) is -3.29. The SMILES string of the molecule is Cc1ccc(C)c(S(=O)(=O)CCSc2nnc(C(C)C)n2C2CC2)c1. The zero-order chi connectivity index (χ0) is 18.2. The fraction of sp³-hybridized carbons (Fsp3) is 0.556. The molecule has 1 aliphatic carbocycles. The van der Waals surface area contributed by atoms with Crippen molar-refractivity contribution >= 4 is 21.6 Å². The molecule has 1 heterocycles. The van der Waals surface area contributed by atoms with E-state index in [0.29, 0.717) is 22.6 Å². The fourth-order valence-electron chi connectivity index (χ4n) is 2.85. The molecule has 0 atom stereocenters. The zero-order valence-electron chi connectivity index (χ0n) is 15.2. The third kappa shape index (κ3) is 4.08. The predicted octanol–water partition coefficient (Wildman–Crippen LogP) is 3.92. The number of nitrogens with zero attached hydrogens (tertiary/aromatic N) is 3. The van der Waals surface area contributed by atoms with Gasteiger partial charge in [-0.3, -0.25) is 0 Å². The van der Waals surface area contributed by atoms with Crippen LogP contribution in [0.4, 0.5) is 0 Å². The van der Waals surface area contributed by atoms with Crippen molar-refractivity contribution in [3.8, 4) is 0 Å². The first-order valence-electron chi connectivity index (χ1n) is 8.67. The lowest BCUT2D eigenvalue weighted by atomic mass is 10.2. The van der Waals surface area contributed by atoms with E-state index in [9.17, 15) is 8.42 Å². The van der Waals surface area contributed by atoms with Crippen molar-refractivity contribution in [2.45, 2.75) is 62.5 Å². The molecule has 1 saturated carbocycles. The van der Waals surface area contributed by atoms with Gasteiger partial charge < -0.3 is 4.57 Å².